The van der Waals surface area contributed by atoms with Gasteiger partial charge in [0.15, 0.2) is 0 Å². The van der Waals surface area contributed by atoms with Gasteiger partial charge in [-0.2, -0.15) is 0 Å². The number of imidazole rings is 1. The van der Waals surface area contributed by atoms with Gasteiger partial charge in [0.1, 0.15) is 23.4 Å². The predicted molar refractivity (Wildman–Crippen MR) is 92.4 cm³/mol. The Hall–Kier alpha value is -2.74. The van der Waals surface area contributed by atoms with E-state index in [1.807, 2.05) is 41.8 Å². The van der Waals surface area contributed by atoms with Crippen molar-refractivity contribution in [3.8, 4) is 0 Å². The lowest BCUT2D eigenvalue weighted by Gasteiger charge is -2.17. The smallest absolute Gasteiger partial charge is 0.240 e. The lowest BCUT2D eigenvalue weighted by molar-refractivity contribution is -0.122. The van der Waals surface area contributed by atoms with Crippen molar-refractivity contribution in [3.05, 3.63) is 59.1 Å². The number of nitrogens with two attached hydrogens (primary N) is 1. The maximum absolute atomic E-state index is 12.5. The van der Waals surface area contributed by atoms with Gasteiger partial charge in [-0.1, -0.05) is 48.6 Å². The molecule has 0 aliphatic carbocycles. The molecule has 0 aliphatic rings. The largest absolute Gasteiger partial charge is 0.374 e. The molecule has 3 rings (SSSR count). The second kappa shape index (κ2) is 7.22. The minimum atomic E-state index is -0.373. The third-order valence-electron chi connectivity index (χ3n) is 3.57. The molecule has 0 fully saturated rings. The quantitative estimate of drug-likeness (QED) is 0.711. The van der Waals surface area contributed by atoms with Crippen LogP contribution in [0.25, 0.3) is 0 Å². The SMILES string of the molecule is CCc1nccn1CC(=O)N[C@@H](c1ccccc1)c1nnc(N)s1. The number of anilines is 1. The topological polar surface area (TPSA) is 98.7 Å². The summed E-state index contributed by atoms with van der Waals surface area (Å²) in [5.74, 6) is 0.756. The molecule has 0 bridgehead atoms. The van der Waals surface area contributed by atoms with Gasteiger partial charge in [0, 0.05) is 18.8 Å². The zero-order valence-corrected chi connectivity index (χ0v) is 14.0. The van der Waals surface area contributed by atoms with Crippen LogP contribution in [0.1, 0.15) is 29.4 Å². The van der Waals surface area contributed by atoms with Gasteiger partial charge in [-0.3, -0.25) is 4.79 Å². The summed E-state index contributed by atoms with van der Waals surface area (Å²) in [5.41, 5.74) is 6.63. The third-order valence-corrected chi connectivity index (χ3v) is 4.39. The van der Waals surface area contributed by atoms with Crippen LogP contribution >= 0.6 is 11.3 Å². The highest BCUT2D eigenvalue weighted by molar-refractivity contribution is 7.15. The molecule has 1 amide bonds. The number of rotatable bonds is 6. The Morgan fingerprint density at radius 2 is 2.12 bits per heavy atom. The van der Waals surface area contributed by atoms with Gasteiger partial charge in [-0.15, -0.1) is 10.2 Å². The molecule has 0 spiro atoms. The van der Waals surface area contributed by atoms with Gasteiger partial charge >= 0.3 is 0 Å². The van der Waals surface area contributed by atoms with E-state index in [2.05, 4.69) is 20.5 Å². The average Bonchev–Trinajstić information content (AvgIpc) is 3.22. The molecule has 0 aliphatic heterocycles. The highest BCUT2D eigenvalue weighted by Gasteiger charge is 2.21. The second-order valence-electron chi connectivity index (χ2n) is 5.21. The van der Waals surface area contributed by atoms with Crippen LogP contribution in [0.4, 0.5) is 5.13 Å². The van der Waals surface area contributed by atoms with E-state index in [1.165, 1.54) is 11.3 Å². The molecular formula is C16H18N6OS. The lowest BCUT2D eigenvalue weighted by Crippen LogP contribution is -2.32. The summed E-state index contributed by atoms with van der Waals surface area (Å²) < 4.78 is 1.84. The van der Waals surface area contributed by atoms with Crippen LogP contribution in [0, 0.1) is 0 Å². The number of carbonyl (C=O) groups excluding carboxylic acids is 1. The fourth-order valence-electron chi connectivity index (χ4n) is 2.46. The lowest BCUT2D eigenvalue weighted by atomic mass is 10.1. The van der Waals surface area contributed by atoms with Crippen LogP contribution in [-0.4, -0.2) is 25.7 Å². The molecule has 2 aromatic heterocycles. The van der Waals surface area contributed by atoms with E-state index in [9.17, 15) is 4.79 Å². The standard InChI is InChI=1S/C16H18N6OS/c1-2-12-18-8-9-22(12)10-13(23)19-14(11-6-4-3-5-7-11)15-20-21-16(17)24-15/h3-9,14H,2,10H2,1H3,(H2,17,21)(H,19,23)/t14-/m0/s1. The van der Waals surface area contributed by atoms with Crippen molar-refractivity contribution in [2.45, 2.75) is 25.9 Å². The summed E-state index contributed by atoms with van der Waals surface area (Å²) in [6, 6.07) is 9.28. The van der Waals surface area contributed by atoms with Crippen molar-refractivity contribution in [2.24, 2.45) is 0 Å². The van der Waals surface area contributed by atoms with Gasteiger partial charge in [-0.05, 0) is 5.56 Å². The van der Waals surface area contributed by atoms with Gasteiger partial charge in [0.25, 0.3) is 0 Å². The molecule has 24 heavy (non-hydrogen) atoms. The first-order chi connectivity index (χ1) is 11.7. The number of nitrogens with one attached hydrogen (secondary N) is 1. The molecule has 0 unspecified atom stereocenters. The molecular weight excluding hydrogens is 324 g/mol. The van der Waals surface area contributed by atoms with Crippen molar-refractivity contribution >= 4 is 22.4 Å². The van der Waals surface area contributed by atoms with Crippen LogP contribution in [0.2, 0.25) is 0 Å². The van der Waals surface area contributed by atoms with E-state index in [1.54, 1.807) is 12.4 Å². The fourth-order valence-corrected chi connectivity index (χ4v) is 3.15. The van der Waals surface area contributed by atoms with Crippen molar-refractivity contribution in [1.82, 2.24) is 25.1 Å². The van der Waals surface area contributed by atoms with Crippen molar-refractivity contribution < 1.29 is 4.79 Å². The number of nitrogens with zero attached hydrogens (tertiary/aromatic N) is 4. The molecule has 0 saturated carbocycles. The number of benzene rings is 1. The first-order valence-electron chi connectivity index (χ1n) is 7.60. The van der Waals surface area contributed by atoms with Crippen LogP contribution in [0.15, 0.2) is 42.7 Å². The van der Waals surface area contributed by atoms with E-state index in [4.69, 9.17) is 5.73 Å². The Morgan fingerprint density at radius 1 is 1.33 bits per heavy atom. The van der Waals surface area contributed by atoms with E-state index in [0.717, 1.165) is 17.8 Å². The second-order valence-corrected chi connectivity index (χ2v) is 6.26. The van der Waals surface area contributed by atoms with Gasteiger partial charge in [0.2, 0.25) is 11.0 Å². The van der Waals surface area contributed by atoms with Gasteiger partial charge < -0.3 is 15.6 Å². The zero-order chi connectivity index (χ0) is 16.9. The van der Waals surface area contributed by atoms with E-state index in [-0.39, 0.29) is 18.5 Å². The molecule has 3 aromatic rings. The molecule has 124 valence electrons. The Morgan fingerprint density at radius 3 is 2.79 bits per heavy atom. The highest BCUT2D eigenvalue weighted by atomic mass is 32.1. The summed E-state index contributed by atoms with van der Waals surface area (Å²) >= 11 is 1.27. The predicted octanol–water partition coefficient (Wildman–Crippen LogP) is 1.78. The molecule has 1 aromatic carbocycles. The molecule has 0 radical (unpaired) electrons. The number of aromatic nitrogens is 4. The maximum atomic E-state index is 12.5. The highest BCUT2D eigenvalue weighted by Crippen LogP contribution is 2.25. The van der Waals surface area contributed by atoms with Crippen molar-refractivity contribution in [1.29, 1.82) is 0 Å². The number of carbonyl (C=O) groups is 1. The normalized spacial score (nSPS) is 12.0. The van der Waals surface area contributed by atoms with Crippen LogP contribution in [0.3, 0.4) is 0 Å². The Bertz CT molecular complexity index is 813. The maximum Gasteiger partial charge on any atom is 0.240 e. The summed E-state index contributed by atoms with van der Waals surface area (Å²) in [6.45, 7) is 2.22. The summed E-state index contributed by atoms with van der Waals surface area (Å²) in [6.07, 6.45) is 4.28. The zero-order valence-electron chi connectivity index (χ0n) is 13.2. The van der Waals surface area contributed by atoms with E-state index < -0.39 is 0 Å². The van der Waals surface area contributed by atoms with Crippen LogP contribution in [0.5, 0.6) is 0 Å². The minimum Gasteiger partial charge on any atom is -0.374 e. The monoisotopic (exact) mass is 342 g/mol. The fraction of sp³-hybridized carbons (Fsp3) is 0.250. The van der Waals surface area contributed by atoms with Crippen molar-refractivity contribution in [2.75, 3.05) is 5.73 Å². The molecule has 7 nitrogen and oxygen atoms in total. The van der Waals surface area contributed by atoms with Gasteiger partial charge in [-0.25, -0.2) is 4.98 Å². The average molecular weight is 342 g/mol. The van der Waals surface area contributed by atoms with Crippen LogP contribution in [-0.2, 0) is 17.8 Å². The van der Waals surface area contributed by atoms with E-state index in [0.29, 0.717) is 10.1 Å². The number of aryl methyl sites for hydroxylation is 1. The first-order valence-corrected chi connectivity index (χ1v) is 8.42. The Balaban J connectivity index is 1.80. The number of hydrogen-bond donors (Lipinski definition) is 2. The van der Waals surface area contributed by atoms with Crippen LogP contribution < -0.4 is 11.1 Å². The number of amides is 1. The summed E-state index contributed by atoms with van der Waals surface area (Å²) in [7, 11) is 0. The summed E-state index contributed by atoms with van der Waals surface area (Å²) in [5, 5.41) is 12.0. The Kier molecular flexibility index (Phi) is 4.85. The summed E-state index contributed by atoms with van der Waals surface area (Å²) in [4.78, 5) is 16.7. The first kappa shape index (κ1) is 16.1. The molecule has 3 N–H and O–H groups in total. The van der Waals surface area contributed by atoms with E-state index >= 15 is 0 Å². The third kappa shape index (κ3) is 3.60. The number of hydrogen-bond acceptors (Lipinski definition) is 6. The molecule has 0 saturated heterocycles. The number of nitrogen functional groups attached to an aromatic ring is 1. The minimum absolute atomic E-state index is 0.120. The molecule has 8 heteroatoms. The molecule has 1 atom stereocenters. The van der Waals surface area contributed by atoms with Crippen molar-refractivity contribution in [3.63, 3.8) is 0 Å². The van der Waals surface area contributed by atoms with Gasteiger partial charge in [0.05, 0.1) is 0 Å². The Labute approximate surface area is 143 Å². The molecule has 2 heterocycles.